The van der Waals surface area contributed by atoms with E-state index in [2.05, 4.69) is 23.4 Å². The van der Waals surface area contributed by atoms with Gasteiger partial charge in [0.15, 0.2) is 0 Å². The summed E-state index contributed by atoms with van der Waals surface area (Å²) in [6.45, 7) is 4.32. The van der Waals surface area contributed by atoms with Crippen LogP contribution in [0.25, 0.3) is 0 Å². The lowest BCUT2D eigenvalue weighted by Crippen LogP contribution is -2.22. The Morgan fingerprint density at radius 1 is 1.60 bits per heavy atom. The summed E-state index contributed by atoms with van der Waals surface area (Å²) in [6, 6.07) is 0.718. The van der Waals surface area contributed by atoms with E-state index < -0.39 is 0 Å². The summed E-state index contributed by atoms with van der Waals surface area (Å²) >= 11 is 2.02. The van der Waals surface area contributed by atoms with E-state index >= 15 is 0 Å². The molecule has 0 saturated carbocycles. The van der Waals surface area contributed by atoms with E-state index in [9.17, 15) is 0 Å². The minimum atomic E-state index is 0.109. The molecule has 0 aromatic carbocycles. The lowest BCUT2D eigenvalue weighted by atomic mass is 10.0. The summed E-state index contributed by atoms with van der Waals surface area (Å²) in [4.78, 5) is 4.24. The Bertz CT molecular complexity index is 299. The molecule has 0 radical (unpaired) electrons. The van der Waals surface area contributed by atoms with Gasteiger partial charge in [0.25, 0.3) is 0 Å². The van der Waals surface area contributed by atoms with Gasteiger partial charge in [-0.15, -0.1) is 0 Å². The van der Waals surface area contributed by atoms with Gasteiger partial charge in [-0.3, -0.25) is 0 Å². The van der Waals surface area contributed by atoms with Crippen LogP contribution in [0.15, 0.2) is 12.5 Å². The van der Waals surface area contributed by atoms with Gasteiger partial charge in [-0.2, -0.15) is 11.8 Å². The number of hydrogen-bond donors (Lipinski definition) is 1. The molecule has 1 aliphatic rings. The first kappa shape index (κ1) is 11.0. The van der Waals surface area contributed by atoms with Gasteiger partial charge < -0.3 is 10.3 Å². The molecule has 2 atom stereocenters. The van der Waals surface area contributed by atoms with E-state index in [4.69, 9.17) is 5.73 Å². The van der Waals surface area contributed by atoms with Gasteiger partial charge >= 0.3 is 0 Å². The van der Waals surface area contributed by atoms with Crippen molar-refractivity contribution >= 4 is 11.8 Å². The fourth-order valence-electron chi connectivity index (χ4n) is 1.96. The van der Waals surface area contributed by atoms with Crippen molar-refractivity contribution < 1.29 is 0 Å². The number of hydrogen-bond acceptors (Lipinski definition) is 3. The Kier molecular flexibility index (Phi) is 3.36. The highest BCUT2D eigenvalue weighted by Gasteiger charge is 2.22. The molecule has 84 valence electrons. The Balaban J connectivity index is 2.21. The zero-order chi connectivity index (χ0) is 10.8. The summed E-state index contributed by atoms with van der Waals surface area (Å²) < 4.78 is 2.28. The highest BCUT2D eigenvalue weighted by atomic mass is 32.2. The van der Waals surface area contributed by atoms with E-state index in [1.165, 1.54) is 23.6 Å². The van der Waals surface area contributed by atoms with Crippen molar-refractivity contribution in [2.24, 2.45) is 11.7 Å². The Labute approximate surface area is 95.4 Å². The Morgan fingerprint density at radius 2 is 2.40 bits per heavy atom. The van der Waals surface area contributed by atoms with Crippen LogP contribution in [-0.4, -0.2) is 21.1 Å². The molecular formula is C11H19N3S. The quantitative estimate of drug-likeness (QED) is 0.858. The Morgan fingerprint density at radius 3 is 3.00 bits per heavy atom. The normalized spacial score (nSPS) is 23.6. The largest absolute Gasteiger partial charge is 0.329 e. The number of aromatic nitrogens is 2. The maximum Gasteiger partial charge on any atom is 0.0951 e. The van der Waals surface area contributed by atoms with Crippen molar-refractivity contribution in [2.75, 3.05) is 11.5 Å². The summed E-state index contributed by atoms with van der Waals surface area (Å²) in [5.41, 5.74) is 7.38. The van der Waals surface area contributed by atoms with Crippen LogP contribution in [0.5, 0.6) is 0 Å². The second-order valence-electron chi connectivity index (χ2n) is 4.51. The van der Waals surface area contributed by atoms with Gasteiger partial charge in [0, 0.05) is 24.0 Å². The van der Waals surface area contributed by atoms with E-state index in [0.29, 0.717) is 12.0 Å². The summed E-state index contributed by atoms with van der Waals surface area (Å²) in [5, 5.41) is 0. The molecule has 1 fully saturated rings. The van der Waals surface area contributed by atoms with Crippen molar-refractivity contribution in [3.8, 4) is 0 Å². The summed E-state index contributed by atoms with van der Waals surface area (Å²) in [5.74, 6) is 2.93. The van der Waals surface area contributed by atoms with Crippen molar-refractivity contribution in [2.45, 2.75) is 32.4 Å². The molecule has 2 rings (SSSR count). The summed E-state index contributed by atoms with van der Waals surface area (Å²) in [6.07, 6.45) is 5.11. The number of thioether (sulfide) groups is 1. The molecule has 1 aromatic rings. The zero-order valence-corrected chi connectivity index (χ0v) is 10.2. The van der Waals surface area contributed by atoms with E-state index in [0.717, 1.165) is 0 Å². The average Bonchev–Trinajstić information content (AvgIpc) is 2.86. The minimum absolute atomic E-state index is 0.109. The van der Waals surface area contributed by atoms with Crippen LogP contribution >= 0.6 is 11.8 Å². The average molecular weight is 225 g/mol. The molecule has 4 heteroatoms. The molecule has 15 heavy (non-hydrogen) atoms. The molecule has 1 aliphatic heterocycles. The minimum Gasteiger partial charge on any atom is -0.329 e. The molecule has 0 bridgehead atoms. The predicted molar refractivity (Wildman–Crippen MR) is 65.0 cm³/mol. The van der Waals surface area contributed by atoms with Crippen LogP contribution in [0.1, 0.15) is 38.0 Å². The number of nitrogens with zero attached hydrogens (tertiary/aromatic N) is 2. The SMILES string of the molecule is CC(C)C(N)c1cncn1C1CCSC1. The Hall–Kier alpha value is -0.480. The number of rotatable bonds is 3. The third-order valence-corrected chi connectivity index (χ3v) is 4.20. The lowest BCUT2D eigenvalue weighted by molar-refractivity contribution is 0.451. The third-order valence-electron chi connectivity index (χ3n) is 3.05. The van der Waals surface area contributed by atoms with Crippen molar-refractivity contribution in [3.05, 3.63) is 18.2 Å². The fourth-order valence-corrected chi connectivity index (χ4v) is 3.17. The van der Waals surface area contributed by atoms with Crippen molar-refractivity contribution in [3.63, 3.8) is 0 Å². The maximum atomic E-state index is 6.18. The van der Waals surface area contributed by atoms with E-state index in [-0.39, 0.29) is 6.04 Å². The first-order valence-corrected chi connectivity index (χ1v) is 6.70. The number of nitrogens with two attached hydrogens (primary N) is 1. The van der Waals surface area contributed by atoms with Crippen molar-refractivity contribution in [1.82, 2.24) is 9.55 Å². The summed E-state index contributed by atoms with van der Waals surface area (Å²) in [7, 11) is 0. The van der Waals surface area contributed by atoms with Crippen LogP contribution in [0.4, 0.5) is 0 Å². The predicted octanol–water partition coefficient (Wildman–Crippen LogP) is 2.22. The van der Waals surface area contributed by atoms with Crippen LogP contribution in [0, 0.1) is 5.92 Å². The smallest absolute Gasteiger partial charge is 0.0951 e. The number of imidazole rings is 1. The van der Waals surface area contributed by atoms with Gasteiger partial charge in [-0.1, -0.05) is 13.8 Å². The molecule has 1 saturated heterocycles. The fraction of sp³-hybridized carbons (Fsp3) is 0.727. The maximum absolute atomic E-state index is 6.18. The molecular weight excluding hydrogens is 206 g/mol. The van der Waals surface area contributed by atoms with Crippen molar-refractivity contribution in [1.29, 1.82) is 0 Å². The van der Waals surface area contributed by atoms with Crippen LogP contribution in [-0.2, 0) is 0 Å². The molecule has 2 unspecified atom stereocenters. The van der Waals surface area contributed by atoms with Gasteiger partial charge in [0.05, 0.1) is 12.0 Å². The topological polar surface area (TPSA) is 43.8 Å². The highest BCUT2D eigenvalue weighted by molar-refractivity contribution is 7.99. The molecule has 0 amide bonds. The van der Waals surface area contributed by atoms with Crippen LogP contribution in [0.3, 0.4) is 0 Å². The molecule has 0 spiro atoms. The van der Waals surface area contributed by atoms with Crippen LogP contribution in [0.2, 0.25) is 0 Å². The van der Waals surface area contributed by atoms with Gasteiger partial charge in [0.1, 0.15) is 0 Å². The highest BCUT2D eigenvalue weighted by Crippen LogP contribution is 2.31. The van der Waals surface area contributed by atoms with Gasteiger partial charge in [-0.05, 0) is 18.1 Å². The first-order chi connectivity index (χ1) is 7.20. The van der Waals surface area contributed by atoms with Crippen LogP contribution < -0.4 is 5.73 Å². The molecule has 0 aliphatic carbocycles. The molecule has 3 nitrogen and oxygen atoms in total. The second-order valence-corrected chi connectivity index (χ2v) is 5.66. The molecule has 2 heterocycles. The second kappa shape index (κ2) is 4.58. The zero-order valence-electron chi connectivity index (χ0n) is 9.39. The van der Waals surface area contributed by atoms with Gasteiger partial charge in [0.2, 0.25) is 0 Å². The molecule has 2 N–H and O–H groups in total. The first-order valence-electron chi connectivity index (χ1n) is 5.55. The van der Waals surface area contributed by atoms with E-state index in [1.807, 2.05) is 24.3 Å². The standard InChI is InChI=1S/C11H19N3S/c1-8(2)11(12)10-5-13-7-14(10)9-3-4-15-6-9/h5,7-9,11H,3-4,6,12H2,1-2H3. The van der Waals surface area contributed by atoms with Gasteiger partial charge in [-0.25, -0.2) is 4.98 Å². The third kappa shape index (κ3) is 2.21. The van der Waals surface area contributed by atoms with E-state index in [1.54, 1.807) is 0 Å². The monoisotopic (exact) mass is 225 g/mol. The lowest BCUT2D eigenvalue weighted by Gasteiger charge is -2.21. The molecule has 1 aromatic heterocycles.